The van der Waals surface area contributed by atoms with Gasteiger partial charge in [0.2, 0.25) is 5.91 Å². The Kier molecular flexibility index (Phi) is 5.18. The van der Waals surface area contributed by atoms with Crippen LogP contribution in [-0.4, -0.2) is 19.0 Å². The molecule has 21 heavy (non-hydrogen) atoms. The molecule has 1 heterocycles. The Morgan fingerprint density at radius 3 is 2.81 bits per heavy atom. The summed E-state index contributed by atoms with van der Waals surface area (Å²) < 4.78 is 0. The van der Waals surface area contributed by atoms with Crippen LogP contribution in [-0.2, 0) is 10.2 Å². The van der Waals surface area contributed by atoms with Crippen molar-refractivity contribution < 1.29 is 4.79 Å². The minimum absolute atomic E-state index is 0.0792. The molecule has 0 fully saturated rings. The number of fused-ring (bicyclic) bond motifs is 1. The molecule has 1 aromatic carbocycles. The van der Waals surface area contributed by atoms with Gasteiger partial charge in [0.15, 0.2) is 0 Å². The van der Waals surface area contributed by atoms with Crippen molar-refractivity contribution in [2.24, 2.45) is 0 Å². The summed E-state index contributed by atoms with van der Waals surface area (Å²) in [5.41, 5.74) is 1.62. The highest BCUT2D eigenvalue weighted by Gasteiger charge is 2.50. The van der Waals surface area contributed by atoms with Crippen molar-refractivity contribution in [1.29, 1.82) is 0 Å². The normalized spacial score (nSPS) is 21.7. The molecule has 0 aromatic heterocycles. The molecule has 0 radical (unpaired) electrons. The predicted molar refractivity (Wildman–Crippen MR) is 88.6 cm³/mol. The van der Waals surface area contributed by atoms with Crippen LogP contribution in [0.3, 0.4) is 0 Å². The fourth-order valence-corrected chi connectivity index (χ4v) is 3.49. The van der Waals surface area contributed by atoms with Gasteiger partial charge in [0, 0.05) is 11.7 Å². The third-order valence-corrected chi connectivity index (χ3v) is 4.58. The van der Waals surface area contributed by atoms with Gasteiger partial charge in [0.05, 0.1) is 5.41 Å². The summed E-state index contributed by atoms with van der Waals surface area (Å²) >= 11 is 0. The lowest BCUT2D eigenvalue weighted by atomic mass is 9.70. The minimum Gasteiger partial charge on any atom is -0.325 e. The van der Waals surface area contributed by atoms with Crippen LogP contribution in [0.1, 0.15) is 44.6 Å². The van der Waals surface area contributed by atoms with E-state index in [2.05, 4.69) is 30.2 Å². The molecule has 2 rings (SSSR count). The molecular formula is C18H26N2O. The Labute approximate surface area is 127 Å². The van der Waals surface area contributed by atoms with Crippen molar-refractivity contribution in [2.45, 2.75) is 50.5 Å². The highest BCUT2D eigenvalue weighted by molar-refractivity contribution is 6.06. The van der Waals surface area contributed by atoms with Gasteiger partial charge in [-0.25, -0.2) is 0 Å². The summed E-state index contributed by atoms with van der Waals surface area (Å²) in [6.07, 6.45) is 6.94. The Bertz CT molecular complexity index is 512. The number of carbonyl (C=O) groups is 1. The van der Waals surface area contributed by atoms with Crippen LogP contribution in [0.5, 0.6) is 0 Å². The number of hydrogen-bond donors (Lipinski definition) is 2. The fraction of sp³-hybridized carbons (Fsp3) is 0.500. The second kappa shape index (κ2) is 6.90. The number of anilines is 1. The lowest BCUT2D eigenvalue weighted by Gasteiger charge is -2.35. The van der Waals surface area contributed by atoms with Crippen molar-refractivity contribution >= 4 is 11.6 Å². The molecule has 2 N–H and O–H groups in total. The zero-order valence-corrected chi connectivity index (χ0v) is 13.1. The number of amides is 1. The SMILES string of the molecule is C=CCC(NC)C1(CCCCC)C(=O)Nc2ccccc21. The molecule has 0 bridgehead atoms. The smallest absolute Gasteiger partial charge is 0.236 e. The third-order valence-electron chi connectivity index (χ3n) is 4.58. The summed E-state index contributed by atoms with van der Waals surface area (Å²) in [7, 11) is 1.93. The average Bonchev–Trinajstić information content (AvgIpc) is 2.78. The lowest BCUT2D eigenvalue weighted by molar-refractivity contribution is -0.122. The van der Waals surface area contributed by atoms with E-state index in [0.29, 0.717) is 0 Å². The maximum Gasteiger partial charge on any atom is 0.236 e. The second-order valence-corrected chi connectivity index (χ2v) is 5.79. The molecule has 0 spiro atoms. The molecule has 1 aliphatic rings. The highest BCUT2D eigenvalue weighted by Crippen LogP contribution is 2.44. The molecule has 0 saturated heterocycles. The van der Waals surface area contributed by atoms with Crippen molar-refractivity contribution in [1.82, 2.24) is 5.32 Å². The molecular weight excluding hydrogens is 260 g/mol. The maximum absolute atomic E-state index is 12.8. The van der Waals surface area contributed by atoms with Gasteiger partial charge in [-0.2, -0.15) is 0 Å². The van der Waals surface area contributed by atoms with Crippen LogP contribution < -0.4 is 10.6 Å². The van der Waals surface area contributed by atoms with Crippen molar-refractivity contribution in [3.63, 3.8) is 0 Å². The van der Waals surface area contributed by atoms with Gasteiger partial charge in [-0.3, -0.25) is 4.79 Å². The highest BCUT2D eigenvalue weighted by atomic mass is 16.2. The number of para-hydroxylation sites is 1. The van der Waals surface area contributed by atoms with Crippen LogP contribution in [0.2, 0.25) is 0 Å². The van der Waals surface area contributed by atoms with E-state index in [0.717, 1.165) is 43.4 Å². The molecule has 0 aliphatic carbocycles. The van der Waals surface area contributed by atoms with Crippen molar-refractivity contribution in [3.05, 3.63) is 42.5 Å². The molecule has 114 valence electrons. The van der Waals surface area contributed by atoms with Crippen LogP contribution in [0.25, 0.3) is 0 Å². The summed E-state index contributed by atoms with van der Waals surface area (Å²) in [5, 5.41) is 6.43. The molecule has 1 aliphatic heterocycles. The van der Waals surface area contributed by atoms with E-state index in [1.54, 1.807) is 0 Å². The van der Waals surface area contributed by atoms with Crippen LogP contribution in [0.15, 0.2) is 36.9 Å². The van der Waals surface area contributed by atoms with Crippen LogP contribution in [0.4, 0.5) is 5.69 Å². The topological polar surface area (TPSA) is 41.1 Å². The monoisotopic (exact) mass is 286 g/mol. The molecule has 0 saturated carbocycles. The van der Waals surface area contributed by atoms with E-state index in [9.17, 15) is 4.79 Å². The quantitative estimate of drug-likeness (QED) is 0.566. The number of carbonyl (C=O) groups excluding carboxylic acids is 1. The van der Waals surface area contributed by atoms with E-state index in [-0.39, 0.29) is 11.9 Å². The molecule has 3 nitrogen and oxygen atoms in total. The van der Waals surface area contributed by atoms with E-state index >= 15 is 0 Å². The van der Waals surface area contributed by atoms with E-state index in [1.807, 2.05) is 31.3 Å². The Morgan fingerprint density at radius 2 is 2.14 bits per heavy atom. The van der Waals surface area contributed by atoms with Gasteiger partial charge < -0.3 is 10.6 Å². The first-order chi connectivity index (χ1) is 10.2. The summed E-state index contributed by atoms with van der Waals surface area (Å²) in [6.45, 7) is 6.05. The summed E-state index contributed by atoms with van der Waals surface area (Å²) in [4.78, 5) is 12.8. The van der Waals surface area contributed by atoms with E-state index in [4.69, 9.17) is 0 Å². The van der Waals surface area contributed by atoms with Crippen LogP contribution >= 0.6 is 0 Å². The average molecular weight is 286 g/mol. The largest absolute Gasteiger partial charge is 0.325 e. The number of hydrogen-bond acceptors (Lipinski definition) is 2. The second-order valence-electron chi connectivity index (χ2n) is 5.79. The molecule has 1 amide bonds. The van der Waals surface area contributed by atoms with Crippen molar-refractivity contribution in [3.8, 4) is 0 Å². The first-order valence-corrected chi connectivity index (χ1v) is 7.89. The summed E-state index contributed by atoms with van der Waals surface area (Å²) in [5.74, 6) is 0.126. The van der Waals surface area contributed by atoms with Gasteiger partial charge >= 0.3 is 0 Å². The molecule has 2 unspecified atom stereocenters. The zero-order valence-electron chi connectivity index (χ0n) is 13.1. The zero-order chi connectivity index (χ0) is 15.3. The maximum atomic E-state index is 12.8. The molecule has 2 atom stereocenters. The molecule has 1 aromatic rings. The number of nitrogens with one attached hydrogen (secondary N) is 2. The van der Waals surface area contributed by atoms with Gasteiger partial charge in [-0.05, 0) is 31.5 Å². The molecule has 3 heteroatoms. The standard InChI is InChI=1S/C18H26N2O/c1-4-6-9-13-18(16(19-3)10-5-2)14-11-7-8-12-15(14)20-17(18)21/h5,7-8,11-12,16,19H,2,4,6,9-10,13H2,1,3H3,(H,20,21). The Balaban J connectivity index is 2.44. The fourth-order valence-electron chi connectivity index (χ4n) is 3.49. The van der Waals surface area contributed by atoms with E-state index < -0.39 is 5.41 Å². The first-order valence-electron chi connectivity index (χ1n) is 7.89. The predicted octanol–water partition coefficient (Wildman–Crippen LogP) is 3.62. The van der Waals surface area contributed by atoms with Gasteiger partial charge in [0.25, 0.3) is 0 Å². The van der Waals surface area contributed by atoms with Gasteiger partial charge in [-0.1, -0.05) is 50.5 Å². The van der Waals surface area contributed by atoms with Crippen molar-refractivity contribution in [2.75, 3.05) is 12.4 Å². The number of unbranched alkanes of at least 4 members (excludes halogenated alkanes) is 2. The van der Waals surface area contributed by atoms with Crippen LogP contribution in [0, 0.1) is 0 Å². The number of likely N-dealkylation sites (N-methyl/N-ethyl adjacent to an activating group) is 1. The minimum atomic E-state index is -0.477. The lowest BCUT2D eigenvalue weighted by Crippen LogP contribution is -2.51. The third kappa shape index (κ3) is 2.75. The van der Waals surface area contributed by atoms with Gasteiger partial charge in [0.1, 0.15) is 0 Å². The Morgan fingerprint density at radius 1 is 1.38 bits per heavy atom. The number of benzene rings is 1. The Hall–Kier alpha value is -1.61. The summed E-state index contributed by atoms with van der Waals surface area (Å²) in [6, 6.07) is 8.16. The first kappa shape index (κ1) is 15.8. The van der Waals surface area contributed by atoms with E-state index in [1.165, 1.54) is 0 Å². The number of rotatable bonds is 8. The van der Waals surface area contributed by atoms with Gasteiger partial charge in [-0.15, -0.1) is 6.58 Å².